The number of rotatable bonds is 22. The lowest BCUT2D eigenvalue weighted by Crippen LogP contribution is -2.41. The fourth-order valence-electron chi connectivity index (χ4n) is 2.57. The van der Waals surface area contributed by atoms with Crippen LogP contribution in [-0.2, 0) is 28.6 Å². The van der Waals surface area contributed by atoms with Crippen molar-refractivity contribution in [1.82, 2.24) is 10.6 Å². The summed E-state index contributed by atoms with van der Waals surface area (Å²) >= 11 is 0. The average molecular weight is 475 g/mol. The number of nitrogens with zero attached hydrogens (tertiary/aromatic N) is 3. The summed E-state index contributed by atoms with van der Waals surface area (Å²) in [5.74, 6) is -1.54. The lowest BCUT2D eigenvalue weighted by molar-refractivity contribution is -0.137. The Morgan fingerprint density at radius 1 is 0.939 bits per heavy atom. The van der Waals surface area contributed by atoms with Crippen LogP contribution in [0.3, 0.4) is 0 Å². The van der Waals surface area contributed by atoms with Gasteiger partial charge in [-0.1, -0.05) is 18.5 Å². The Morgan fingerprint density at radius 3 is 2.18 bits per heavy atom. The molecule has 2 amide bonds. The topological polar surface area (TPSA) is 198 Å². The maximum absolute atomic E-state index is 12.1. The minimum atomic E-state index is -0.982. The molecule has 5 N–H and O–H groups in total. The third kappa shape index (κ3) is 19.9. The Hall–Kier alpha value is -2.44. The molecule has 33 heavy (non-hydrogen) atoms. The Labute approximate surface area is 194 Å². The van der Waals surface area contributed by atoms with E-state index in [-0.39, 0.29) is 30.6 Å². The Kier molecular flexibility index (Phi) is 19.8. The molecule has 0 saturated heterocycles. The number of azide groups is 1. The molecule has 190 valence electrons. The van der Waals surface area contributed by atoms with Gasteiger partial charge in [0.2, 0.25) is 11.8 Å². The molecule has 0 aromatic carbocycles. The van der Waals surface area contributed by atoms with Gasteiger partial charge in [-0.3, -0.25) is 14.4 Å². The fourth-order valence-corrected chi connectivity index (χ4v) is 2.57. The molecular formula is C20H38N6O7. The number of ether oxygens (including phenoxy) is 3. The van der Waals surface area contributed by atoms with Crippen molar-refractivity contribution >= 4 is 17.8 Å². The molecule has 0 aliphatic rings. The standard InChI is InChI=1S/C20H38N6O7/c1-16(4-2-3-7-23-20(30)17(21)5-6-18(27)28)19(29)24-8-10-31-12-14-33-15-13-32-11-9-25-26-22/h16-17H,2-15,21H2,1H3,(H,23,30)(H,24,29)(H,27,28)/t16?,17-/m0/s1. The maximum atomic E-state index is 12.1. The van der Waals surface area contributed by atoms with E-state index in [2.05, 4.69) is 20.7 Å². The zero-order valence-electron chi connectivity index (χ0n) is 19.4. The highest BCUT2D eigenvalue weighted by Gasteiger charge is 2.15. The second-order valence-electron chi connectivity index (χ2n) is 7.31. The van der Waals surface area contributed by atoms with E-state index in [1.165, 1.54) is 0 Å². The lowest BCUT2D eigenvalue weighted by Gasteiger charge is -2.13. The van der Waals surface area contributed by atoms with Gasteiger partial charge in [-0.15, -0.1) is 0 Å². The minimum Gasteiger partial charge on any atom is -0.481 e. The molecule has 0 aromatic heterocycles. The highest BCUT2D eigenvalue weighted by atomic mass is 16.5. The van der Waals surface area contributed by atoms with E-state index in [0.717, 1.165) is 6.42 Å². The lowest BCUT2D eigenvalue weighted by atomic mass is 10.0. The zero-order valence-corrected chi connectivity index (χ0v) is 19.4. The number of carbonyl (C=O) groups is 3. The molecule has 0 fully saturated rings. The first-order chi connectivity index (χ1) is 15.9. The van der Waals surface area contributed by atoms with Gasteiger partial charge in [-0.2, -0.15) is 0 Å². The second-order valence-corrected chi connectivity index (χ2v) is 7.31. The van der Waals surface area contributed by atoms with Gasteiger partial charge < -0.3 is 35.7 Å². The van der Waals surface area contributed by atoms with Gasteiger partial charge in [0, 0.05) is 36.9 Å². The highest BCUT2D eigenvalue weighted by molar-refractivity contribution is 5.82. The van der Waals surface area contributed by atoms with Crippen molar-refractivity contribution in [2.45, 2.75) is 45.1 Å². The summed E-state index contributed by atoms with van der Waals surface area (Å²) in [6.45, 7) is 5.43. The van der Waals surface area contributed by atoms with Gasteiger partial charge in [0.1, 0.15) is 0 Å². The molecule has 1 unspecified atom stereocenters. The summed E-state index contributed by atoms with van der Waals surface area (Å²) in [6, 6.07) is -0.824. The number of carboxylic acid groups (broad SMARTS) is 1. The molecule has 13 heteroatoms. The van der Waals surface area contributed by atoms with Gasteiger partial charge in [-0.25, -0.2) is 0 Å². The van der Waals surface area contributed by atoms with Gasteiger partial charge in [0.25, 0.3) is 0 Å². The summed E-state index contributed by atoms with van der Waals surface area (Å²) in [6.07, 6.45) is 2.12. The van der Waals surface area contributed by atoms with Crippen LogP contribution in [0.4, 0.5) is 0 Å². The second kappa shape index (κ2) is 21.4. The zero-order chi connectivity index (χ0) is 24.7. The van der Waals surface area contributed by atoms with Crippen LogP contribution in [0.15, 0.2) is 5.11 Å². The van der Waals surface area contributed by atoms with Crippen LogP contribution in [0.2, 0.25) is 0 Å². The van der Waals surface area contributed by atoms with Crippen LogP contribution < -0.4 is 16.4 Å². The van der Waals surface area contributed by atoms with Gasteiger partial charge in [0.05, 0.1) is 45.7 Å². The van der Waals surface area contributed by atoms with E-state index < -0.39 is 12.0 Å². The maximum Gasteiger partial charge on any atom is 0.303 e. The van der Waals surface area contributed by atoms with Crippen LogP contribution in [0.1, 0.15) is 39.0 Å². The third-order valence-electron chi connectivity index (χ3n) is 4.51. The van der Waals surface area contributed by atoms with Crippen LogP contribution in [0, 0.1) is 5.92 Å². The SMILES string of the molecule is CC(CCCCNC(=O)[C@@H](N)CCC(=O)O)C(=O)NCCOCCOCCOCCN=[N+]=[N-]. The van der Waals surface area contributed by atoms with Crippen molar-refractivity contribution < 1.29 is 33.7 Å². The summed E-state index contributed by atoms with van der Waals surface area (Å²) in [5.41, 5.74) is 13.7. The Morgan fingerprint density at radius 2 is 1.55 bits per heavy atom. The molecular weight excluding hydrogens is 436 g/mol. The molecule has 0 radical (unpaired) electrons. The molecule has 2 atom stereocenters. The van der Waals surface area contributed by atoms with E-state index >= 15 is 0 Å². The van der Waals surface area contributed by atoms with E-state index in [1.807, 2.05) is 6.92 Å². The number of hydrogen-bond acceptors (Lipinski definition) is 8. The van der Waals surface area contributed by atoms with E-state index in [1.54, 1.807) is 0 Å². The van der Waals surface area contributed by atoms with Crippen molar-refractivity contribution in [1.29, 1.82) is 0 Å². The molecule has 0 spiro atoms. The van der Waals surface area contributed by atoms with E-state index in [4.69, 9.17) is 30.6 Å². The molecule has 0 aliphatic heterocycles. The van der Waals surface area contributed by atoms with E-state index in [9.17, 15) is 14.4 Å². The smallest absolute Gasteiger partial charge is 0.303 e. The first kappa shape index (κ1) is 30.6. The summed E-state index contributed by atoms with van der Waals surface area (Å²) in [5, 5.41) is 17.4. The largest absolute Gasteiger partial charge is 0.481 e. The number of carboxylic acids is 1. The van der Waals surface area contributed by atoms with Gasteiger partial charge >= 0.3 is 5.97 Å². The number of nitrogens with one attached hydrogen (secondary N) is 2. The first-order valence-corrected chi connectivity index (χ1v) is 11.1. The summed E-state index contributed by atoms with van der Waals surface area (Å²) < 4.78 is 15.9. The predicted molar refractivity (Wildman–Crippen MR) is 120 cm³/mol. The molecule has 0 heterocycles. The van der Waals surface area contributed by atoms with Gasteiger partial charge in [0.15, 0.2) is 0 Å². The van der Waals surface area contributed by atoms with Crippen LogP contribution in [0.25, 0.3) is 10.4 Å². The molecule has 0 aromatic rings. The molecule has 0 saturated carbocycles. The first-order valence-electron chi connectivity index (χ1n) is 11.1. The third-order valence-corrected chi connectivity index (χ3v) is 4.51. The van der Waals surface area contributed by atoms with Gasteiger partial charge in [-0.05, 0) is 24.8 Å². The van der Waals surface area contributed by atoms with Crippen molar-refractivity contribution in [2.75, 3.05) is 59.3 Å². The number of aliphatic carboxylic acids is 1. The number of unbranched alkanes of at least 4 members (excludes halogenated alkanes) is 1. The average Bonchev–Trinajstić information content (AvgIpc) is 2.79. The quantitative estimate of drug-likeness (QED) is 0.0755. The number of hydrogen-bond donors (Lipinski definition) is 4. The van der Waals surface area contributed by atoms with Crippen molar-refractivity contribution in [3.05, 3.63) is 10.4 Å². The highest BCUT2D eigenvalue weighted by Crippen LogP contribution is 2.07. The van der Waals surface area contributed by atoms with Crippen molar-refractivity contribution in [2.24, 2.45) is 16.8 Å². The molecule has 0 aliphatic carbocycles. The fraction of sp³-hybridized carbons (Fsp3) is 0.850. The van der Waals surface area contributed by atoms with Crippen LogP contribution in [-0.4, -0.2) is 88.2 Å². The monoisotopic (exact) mass is 474 g/mol. The Balaban J connectivity index is 3.53. The summed E-state index contributed by atoms with van der Waals surface area (Å²) in [7, 11) is 0. The van der Waals surface area contributed by atoms with E-state index in [0.29, 0.717) is 72.1 Å². The molecule has 13 nitrogen and oxygen atoms in total. The van der Waals surface area contributed by atoms with Crippen LogP contribution in [0.5, 0.6) is 0 Å². The number of carbonyl (C=O) groups excluding carboxylic acids is 2. The van der Waals surface area contributed by atoms with Crippen molar-refractivity contribution in [3.63, 3.8) is 0 Å². The number of nitrogens with two attached hydrogens (primary N) is 1. The minimum absolute atomic E-state index is 0.0486. The predicted octanol–water partition coefficient (Wildman–Crippen LogP) is 0.577. The Bertz CT molecular complexity index is 601. The van der Waals surface area contributed by atoms with Crippen molar-refractivity contribution in [3.8, 4) is 0 Å². The normalized spacial score (nSPS) is 12.4. The number of amides is 2. The molecule has 0 bridgehead atoms. The van der Waals surface area contributed by atoms with Crippen LogP contribution >= 0.6 is 0 Å². The molecule has 0 rings (SSSR count). The summed E-state index contributed by atoms with van der Waals surface area (Å²) in [4.78, 5) is 36.9.